The maximum absolute atomic E-state index is 6.16. The second-order valence-corrected chi connectivity index (χ2v) is 6.94. The minimum absolute atomic E-state index is 0.0994. The number of nitrogens with zero attached hydrogens (tertiary/aromatic N) is 2. The SMILES string of the molecule is CC(C)c1noc(C(C)SCc2c(Cl)cccc2Cl)n1. The minimum atomic E-state index is 0.0994. The quantitative estimate of drug-likeness (QED) is 0.726. The fraction of sp³-hybridized carbons (Fsp3) is 0.429. The van der Waals surface area contributed by atoms with Gasteiger partial charge < -0.3 is 4.52 Å². The summed E-state index contributed by atoms with van der Waals surface area (Å²) < 4.78 is 5.29. The summed E-state index contributed by atoms with van der Waals surface area (Å²) in [4.78, 5) is 4.40. The van der Waals surface area contributed by atoms with Gasteiger partial charge in [0.15, 0.2) is 5.82 Å². The summed E-state index contributed by atoms with van der Waals surface area (Å²) in [5.74, 6) is 2.35. The molecule has 1 unspecified atom stereocenters. The lowest BCUT2D eigenvalue weighted by atomic mass is 10.2. The molecule has 0 amide bonds. The van der Waals surface area contributed by atoms with E-state index in [4.69, 9.17) is 27.7 Å². The van der Waals surface area contributed by atoms with E-state index in [1.807, 2.05) is 39.0 Å². The summed E-state index contributed by atoms with van der Waals surface area (Å²) >= 11 is 14.0. The Morgan fingerprint density at radius 3 is 2.40 bits per heavy atom. The van der Waals surface area contributed by atoms with Gasteiger partial charge in [0.1, 0.15) is 0 Å². The van der Waals surface area contributed by atoms with E-state index < -0.39 is 0 Å². The van der Waals surface area contributed by atoms with E-state index >= 15 is 0 Å². The van der Waals surface area contributed by atoms with Crippen molar-refractivity contribution in [3.63, 3.8) is 0 Å². The Bertz CT molecular complexity index is 566. The van der Waals surface area contributed by atoms with E-state index in [0.29, 0.717) is 21.7 Å². The van der Waals surface area contributed by atoms with Crippen LogP contribution in [0.15, 0.2) is 22.7 Å². The van der Waals surface area contributed by atoms with Crippen molar-refractivity contribution in [3.8, 4) is 0 Å². The minimum Gasteiger partial charge on any atom is -0.338 e. The summed E-state index contributed by atoms with van der Waals surface area (Å²) in [5.41, 5.74) is 0.941. The van der Waals surface area contributed by atoms with Gasteiger partial charge in [0.2, 0.25) is 5.89 Å². The van der Waals surface area contributed by atoms with E-state index in [1.54, 1.807) is 11.8 Å². The standard InChI is InChI=1S/C14H16Cl2N2OS/c1-8(2)13-17-14(19-18-13)9(3)20-7-10-11(15)5-4-6-12(10)16/h4-6,8-9H,7H2,1-3H3. The van der Waals surface area contributed by atoms with Crippen LogP contribution in [0.2, 0.25) is 10.0 Å². The molecule has 0 aliphatic rings. The van der Waals surface area contributed by atoms with Crippen LogP contribution in [0.1, 0.15) is 49.2 Å². The number of halogens is 2. The number of hydrogen-bond acceptors (Lipinski definition) is 4. The zero-order chi connectivity index (χ0) is 14.7. The monoisotopic (exact) mass is 330 g/mol. The Balaban J connectivity index is 2.03. The normalized spacial score (nSPS) is 12.9. The van der Waals surface area contributed by atoms with Gasteiger partial charge in [-0.2, -0.15) is 4.98 Å². The van der Waals surface area contributed by atoms with Gasteiger partial charge in [-0.3, -0.25) is 0 Å². The lowest BCUT2D eigenvalue weighted by Gasteiger charge is -2.09. The number of benzene rings is 1. The van der Waals surface area contributed by atoms with Crippen LogP contribution in [0.5, 0.6) is 0 Å². The molecule has 0 aliphatic heterocycles. The van der Waals surface area contributed by atoms with Crippen molar-refractivity contribution in [1.29, 1.82) is 0 Å². The topological polar surface area (TPSA) is 38.9 Å². The molecular formula is C14H16Cl2N2OS. The highest BCUT2D eigenvalue weighted by atomic mass is 35.5. The van der Waals surface area contributed by atoms with Crippen LogP contribution in [0.4, 0.5) is 0 Å². The molecule has 20 heavy (non-hydrogen) atoms. The van der Waals surface area contributed by atoms with E-state index in [-0.39, 0.29) is 11.2 Å². The van der Waals surface area contributed by atoms with Crippen LogP contribution in [-0.2, 0) is 5.75 Å². The number of hydrogen-bond donors (Lipinski definition) is 0. The van der Waals surface area contributed by atoms with Crippen molar-refractivity contribution in [1.82, 2.24) is 10.1 Å². The molecule has 0 fully saturated rings. The summed E-state index contributed by atoms with van der Waals surface area (Å²) in [5, 5.41) is 5.45. The summed E-state index contributed by atoms with van der Waals surface area (Å²) in [6, 6.07) is 5.53. The second-order valence-electron chi connectivity index (χ2n) is 4.80. The lowest BCUT2D eigenvalue weighted by Crippen LogP contribution is -1.94. The van der Waals surface area contributed by atoms with Gasteiger partial charge in [0, 0.05) is 21.7 Å². The Morgan fingerprint density at radius 2 is 1.85 bits per heavy atom. The molecule has 0 saturated carbocycles. The first kappa shape index (κ1) is 15.7. The van der Waals surface area contributed by atoms with Crippen LogP contribution < -0.4 is 0 Å². The first-order valence-electron chi connectivity index (χ1n) is 6.37. The predicted octanol–water partition coefficient (Wildman–Crippen LogP) is 5.49. The van der Waals surface area contributed by atoms with Gasteiger partial charge in [-0.25, -0.2) is 0 Å². The average molecular weight is 331 g/mol. The predicted molar refractivity (Wildman–Crippen MR) is 84.6 cm³/mol. The highest BCUT2D eigenvalue weighted by molar-refractivity contribution is 7.98. The molecule has 6 heteroatoms. The molecule has 0 spiro atoms. The first-order valence-corrected chi connectivity index (χ1v) is 8.17. The van der Waals surface area contributed by atoms with Crippen LogP contribution in [0.25, 0.3) is 0 Å². The molecule has 108 valence electrons. The van der Waals surface area contributed by atoms with Crippen molar-refractivity contribution in [2.24, 2.45) is 0 Å². The molecule has 1 aromatic carbocycles. The van der Waals surface area contributed by atoms with Crippen molar-refractivity contribution < 1.29 is 4.52 Å². The highest BCUT2D eigenvalue weighted by Gasteiger charge is 2.17. The maximum atomic E-state index is 6.16. The van der Waals surface area contributed by atoms with E-state index in [1.165, 1.54) is 0 Å². The second kappa shape index (κ2) is 6.83. The molecule has 3 nitrogen and oxygen atoms in total. The number of aromatic nitrogens is 2. The third-order valence-electron chi connectivity index (χ3n) is 2.86. The number of rotatable bonds is 5. The molecular weight excluding hydrogens is 315 g/mol. The molecule has 0 aliphatic carbocycles. The third-order valence-corrected chi connectivity index (χ3v) is 4.73. The summed E-state index contributed by atoms with van der Waals surface area (Å²) in [6.45, 7) is 6.11. The molecule has 2 rings (SSSR count). The molecule has 1 atom stereocenters. The molecule has 0 bridgehead atoms. The van der Waals surface area contributed by atoms with Gasteiger partial charge in [-0.1, -0.05) is 48.3 Å². The van der Waals surface area contributed by atoms with Crippen LogP contribution >= 0.6 is 35.0 Å². The fourth-order valence-corrected chi connectivity index (χ4v) is 3.25. The molecule has 1 aromatic heterocycles. The van der Waals surface area contributed by atoms with Gasteiger partial charge in [-0.05, 0) is 24.6 Å². The molecule has 2 aromatic rings. The van der Waals surface area contributed by atoms with E-state index in [2.05, 4.69) is 10.1 Å². The highest BCUT2D eigenvalue weighted by Crippen LogP contribution is 2.35. The van der Waals surface area contributed by atoms with Crippen molar-refractivity contribution in [2.75, 3.05) is 0 Å². The largest absolute Gasteiger partial charge is 0.338 e. The molecule has 1 heterocycles. The Hall–Kier alpha value is -0.710. The Kier molecular flexibility index (Phi) is 5.35. The fourth-order valence-electron chi connectivity index (χ4n) is 1.60. The van der Waals surface area contributed by atoms with Crippen LogP contribution in [0, 0.1) is 0 Å². The van der Waals surface area contributed by atoms with E-state index in [9.17, 15) is 0 Å². The van der Waals surface area contributed by atoms with E-state index in [0.717, 1.165) is 11.4 Å². The van der Waals surface area contributed by atoms with Gasteiger partial charge >= 0.3 is 0 Å². The first-order chi connectivity index (χ1) is 9.49. The summed E-state index contributed by atoms with van der Waals surface area (Å²) in [6.07, 6.45) is 0. The Morgan fingerprint density at radius 1 is 1.20 bits per heavy atom. The zero-order valence-corrected chi connectivity index (χ0v) is 13.9. The smallest absolute Gasteiger partial charge is 0.239 e. The van der Waals surface area contributed by atoms with Crippen molar-refractivity contribution in [3.05, 3.63) is 45.5 Å². The maximum Gasteiger partial charge on any atom is 0.239 e. The molecule has 0 N–H and O–H groups in total. The number of thioether (sulfide) groups is 1. The van der Waals surface area contributed by atoms with Crippen LogP contribution in [0.3, 0.4) is 0 Å². The third kappa shape index (κ3) is 3.68. The van der Waals surface area contributed by atoms with Crippen molar-refractivity contribution in [2.45, 2.75) is 37.7 Å². The summed E-state index contributed by atoms with van der Waals surface area (Å²) in [7, 11) is 0. The Labute approximate surface area is 133 Å². The van der Waals surface area contributed by atoms with Gasteiger partial charge in [-0.15, -0.1) is 11.8 Å². The zero-order valence-electron chi connectivity index (χ0n) is 11.6. The van der Waals surface area contributed by atoms with Gasteiger partial charge in [0.05, 0.1) is 5.25 Å². The molecule has 0 saturated heterocycles. The van der Waals surface area contributed by atoms with Crippen molar-refractivity contribution >= 4 is 35.0 Å². The lowest BCUT2D eigenvalue weighted by molar-refractivity contribution is 0.373. The molecule has 0 radical (unpaired) electrons. The van der Waals surface area contributed by atoms with Gasteiger partial charge in [0.25, 0.3) is 0 Å². The van der Waals surface area contributed by atoms with Crippen LogP contribution in [-0.4, -0.2) is 10.1 Å². The average Bonchev–Trinajstić information content (AvgIpc) is 2.87.